The highest BCUT2D eigenvalue weighted by Crippen LogP contribution is 2.42. The second-order valence-electron chi connectivity index (χ2n) is 9.19. The zero-order valence-electron chi connectivity index (χ0n) is 17.4. The predicted molar refractivity (Wildman–Crippen MR) is 116 cm³/mol. The van der Waals surface area contributed by atoms with Crippen molar-refractivity contribution < 1.29 is 9.53 Å². The Morgan fingerprint density at radius 3 is 2.77 bits per heavy atom. The summed E-state index contributed by atoms with van der Waals surface area (Å²) in [5, 5.41) is 0. The summed E-state index contributed by atoms with van der Waals surface area (Å²) in [6, 6.07) is 10.8. The summed E-state index contributed by atoms with van der Waals surface area (Å²) >= 11 is 0. The molecule has 0 bridgehead atoms. The molecule has 30 heavy (non-hydrogen) atoms. The second-order valence-corrected chi connectivity index (χ2v) is 9.19. The van der Waals surface area contributed by atoms with E-state index in [0.29, 0.717) is 11.8 Å². The number of benzene rings is 1. The van der Waals surface area contributed by atoms with E-state index in [1.807, 2.05) is 12.4 Å². The van der Waals surface area contributed by atoms with E-state index in [2.05, 4.69) is 51.5 Å². The van der Waals surface area contributed by atoms with Crippen LogP contribution >= 0.6 is 0 Å². The lowest BCUT2D eigenvalue weighted by atomic mass is 9.82. The van der Waals surface area contributed by atoms with Gasteiger partial charge in [0.1, 0.15) is 17.0 Å². The van der Waals surface area contributed by atoms with Crippen LogP contribution in [0.4, 0.5) is 0 Å². The van der Waals surface area contributed by atoms with E-state index in [9.17, 15) is 4.79 Å². The molecule has 1 aromatic carbocycles. The predicted octanol–water partition coefficient (Wildman–Crippen LogP) is 4.41. The van der Waals surface area contributed by atoms with Crippen LogP contribution in [0.1, 0.15) is 43.4 Å². The summed E-state index contributed by atoms with van der Waals surface area (Å²) in [5.74, 6) is 1.71. The number of ether oxygens (including phenoxy) is 1. The second kappa shape index (κ2) is 6.59. The molecular weight excluding hydrogens is 374 g/mol. The molecule has 1 spiro atoms. The first-order valence-electron chi connectivity index (χ1n) is 11.2. The molecule has 5 nitrogen and oxygen atoms in total. The lowest BCUT2D eigenvalue weighted by molar-refractivity contribution is -0.136. The highest BCUT2D eigenvalue weighted by atomic mass is 16.5. The summed E-state index contributed by atoms with van der Waals surface area (Å²) in [4.78, 5) is 18.8. The van der Waals surface area contributed by atoms with E-state index in [1.54, 1.807) is 0 Å². The smallest absolute Gasteiger partial charge is 0.225 e. The SMILES string of the molecule is Cc1c(-c2ccc3c(c2)CCC2(CCN(C(=O)C4CC4)CC2)O3)ccc2nccn12. The van der Waals surface area contributed by atoms with Crippen LogP contribution in [-0.2, 0) is 11.2 Å². The van der Waals surface area contributed by atoms with E-state index in [1.165, 1.54) is 22.4 Å². The number of nitrogens with zero attached hydrogens (tertiary/aromatic N) is 3. The van der Waals surface area contributed by atoms with Crippen molar-refractivity contribution in [1.82, 2.24) is 14.3 Å². The molecule has 6 rings (SSSR count). The van der Waals surface area contributed by atoms with Crippen molar-refractivity contribution in [2.24, 2.45) is 5.92 Å². The third-order valence-corrected chi connectivity index (χ3v) is 7.28. The number of aryl methyl sites for hydroxylation is 2. The van der Waals surface area contributed by atoms with Gasteiger partial charge in [-0.1, -0.05) is 6.07 Å². The van der Waals surface area contributed by atoms with Crippen LogP contribution in [0.15, 0.2) is 42.7 Å². The first kappa shape index (κ1) is 18.0. The molecular formula is C25H27N3O2. The third kappa shape index (κ3) is 2.91. The van der Waals surface area contributed by atoms with E-state index < -0.39 is 0 Å². The molecule has 0 atom stereocenters. The Bertz CT molecular complexity index is 1140. The van der Waals surface area contributed by atoms with Gasteiger partial charge in [-0.25, -0.2) is 4.98 Å². The fourth-order valence-electron chi connectivity index (χ4n) is 5.20. The minimum absolute atomic E-state index is 0.0967. The van der Waals surface area contributed by atoms with Gasteiger partial charge in [0.15, 0.2) is 0 Å². The summed E-state index contributed by atoms with van der Waals surface area (Å²) in [7, 11) is 0. The van der Waals surface area contributed by atoms with Crippen LogP contribution in [0.5, 0.6) is 5.75 Å². The molecule has 154 valence electrons. The molecule has 1 saturated carbocycles. The monoisotopic (exact) mass is 401 g/mol. The van der Waals surface area contributed by atoms with Crippen molar-refractivity contribution in [3.05, 3.63) is 54.0 Å². The molecule has 4 heterocycles. The van der Waals surface area contributed by atoms with Crippen molar-refractivity contribution in [3.8, 4) is 16.9 Å². The number of amides is 1. The maximum Gasteiger partial charge on any atom is 0.225 e. The topological polar surface area (TPSA) is 46.8 Å². The zero-order valence-corrected chi connectivity index (χ0v) is 17.4. The van der Waals surface area contributed by atoms with Gasteiger partial charge in [-0.2, -0.15) is 0 Å². The van der Waals surface area contributed by atoms with Crippen LogP contribution in [0, 0.1) is 12.8 Å². The molecule has 3 aliphatic rings. The van der Waals surface area contributed by atoms with Gasteiger partial charge in [0.2, 0.25) is 5.91 Å². The minimum atomic E-state index is -0.0967. The normalized spacial score (nSPS) is 20.2. The van der Waals surface area contributed by atoms with Crippen LogP contribution < -0.4 is 4.74 Å². The Morgan fingerprint density at radius 1 is 1.13 bits per heavy atom. The minimum Gasteiger partial charge on any atom is -0.487 e. The standard InChI is InChI=1S/C25H27N3O2/c1-17-21(5-7-23-26-12-15-28(17)23)19-4-6-22-20(16-19)8-9-25(30-22)10-13-27(14-11-25)24(29)18-2-3-18/h4-7,12,15-16,18H,2-3,8-11,13-14H2,1H3. The van der Waals surface area contributed by atoms with Crippen LogP contribution in [0.25, 0.3) is 16.8 Å². The van der Waals surface area contributed by atoms with Gasteiger partial charge < -0.3 is 14.0 Å². The first-order chi connectivity index (χ1) is 14.6. The summed E-state index contributed by atoms with van der Waals surface area (Å²) < 4.78 is 8.73. The number of hydrogen-bond donors (Lipinski definition) is 0. The average molecular weight is 402 g/mol. The molecule has 5 heteroatoms. The van der Waals surface area contributed by atoms with Gasteiger partial charge >= 0.3 is 0 Å². The molecule has 1 amide bonds. The number of likely N-dealkylation sites (tertiary alicyclic amines) is 1. The van der Waals surface area contributed by atoms with Gasteiger partial charge in [0.05, 0.1) is 0 Å². The fraction of sp³-hybridized carbons (Fsp3) is 0.440. The van der Waals surface area contributed by atoms with E-state index in [4.69, 9.17) is 4.74 Å². The van der Waals surface area contributed by atoms with E-state index in [-0.39, 0.29) is 5.60 Å². The number of fused-ring (bicyclic) bond motifs is 2. The molecule has 2 fully saturated rings. The molecule has 0 unspecified atom stereocenters. The Kier molecular flexibility index (Phi) is 3.95. The number of rotatable bonds is 2. The molecule has 0 N–H and O–H groups in total. The zero-order chi connectivity index (χ0) is 20.3. The van der Waals surface area contributed by atoms with Crippen molar-refractivity contribution in [3.63, 3.8) is 0 Å². The third-order valence-electron chi connectivity index (χ3n) is 7.28. The van der Waals surface area contributed by atoms with Crippen LogP contribution in [0.2, 0.25) is 0 Å². The van der Waals surface area contributed by atoms with Crippen molar-refractivity contribution >= 4 is 11.6 Å². The van der Waals surface area contributed by atoms with Gasteiger partial charge in [0, 0.05) is 55.5 Å². The number of hydrogen-bond acceptors (Lipinski definition) is 3. The quantitative estimate of drug-likeness (QED) is 0.639. The largest absolute Gasteiger partial charge is 0.487 e. The summed E-state index contributed by atoms with van der Waals surface area (Å²) in [5.41, 5.74) is 5.83. The molecule has 2 aliphatic heterocycles. The number of carbonyl (C=O) groups is 1. The highest BCUT2D eigenvalue weighted by molar-refractivity contribution is 5.81. The summed E-state index contributed by atoms with van der Waals surface area (Å²) in [6.45, 7) is 3.82. The van der Waals surface area contributed by atoms with Crippen LogP contribution in [0.3, 0.4) is 0 Å². The first-order valence-corrected chi connectivity index (χ1v) is 11.2. The number of imidazole rings is 1. The van der Waals surface area contributed by atoms with Crippen molar-refractivity contribution in [2.75, 3.05) is 13.1 Å². The van der Waals surface area contributed by atoms with E-state index >= 15 is 0 Å². The summed E-state index contributed by atoms with van der Waals surface area (Å²) in [6.07, 6.45) is 9.99. The molecule has 3 aromatic rings. The lowest BCUT2D eigenvalue weighted by Gasteiger charge is -2.44. The number of carbonyl (C=O) groups excluding carboxylic acids is 1. The van der Waals surface area contributed by atoms with Crippen molar-refractivity contribution in [1.29, 1.82) is 0 Å². The Morgan fingerprint density at radius 2 is 1.97 bits per heavy atom. The van der Waals surface area contributed by atoms with E-state index in [0.717, 1.165) is 63.0 Å². The molecule has 0 radical (unpaired) electrons. The molecule has 2 aromatic heterocycles. The molecule has 1 saturated heterocycles. The maximum absolute atomic E-state index is 12.4. The fourth-order valence-corrected chi connectivity index (χ4v) is 5.20. The number of aromatic nitrogens is 2. The Balaban J connectivity index is 1.22. The lowest BCUT2D eigenvalue weighted by Crippen LogP contribution is -2.51. The van der Waals surface area contributed by atoms with Crippen LogP contribution in [-0.4, -0.2) is 38.9 Å². The van der Waals surface area contributed by atoms with Crippen molar-refractivity contribution in [2.45, 2.75) is 51.0 Å². The molecule has 1 aliphatic carbocycles. The number of piperidine rings is 1. The average Bonchev–Trinajstić information content (AvgIpc) is 3.51. The van der Waals surface area contributed by atoms with Gasteiger partial charge in [-0.05, 0) is 68.0 Å². The Hall–Kier alpha value is -2.82. The van der Waals surface area contributed by atoms with Gasteiger partial charge in [-0.15, -0.1) is 0 Å². The van der Waals surface area contributed by atoms with Gasteiger partial charge in [-0.3, -0.25) is 4.79 Å². The number of pyridine rings is 1. The highest BCUT2D eigenvalue weighted by Gasteiger charge is 2.42. The van der Waals surface area contributed by atoms with Gasteiger partial charge in [0.25, 0.3) is 0 Å². The Labute approximate surface area is 176 Å². The maximum atomic E-state index is 12.4.